The summed E-state index contributed by atoms with van der Waals surface area (Å²) in [5.41, 5.74) is 9.58. The van der Waals surface area contributed by atoms with E-state index in [0.29, 0.717) is 0 Å². The number of unbranched alkanes of at least 4 members (excludes halogenated alkanes) is 8. The first-order valence-electron chi connectivity index (χ1n) is 23.3. The maximum Gasteiger partial charge on any atom is 0.230 e. The minimum Gasteiger partial charge on any atom is -0.457 e. The fraction of sp³-hybridized carbons (Fsp3) is 0.538. The molecule has 0 saturated heterocycles. The first kappa shape index (κ1) is 40.7. The molecule has 0 saturated carbocycles. The van der Waals surface area contributed by atoms with Crippen LogP contribution in [-0.2, 0) is 0 Å². The van der Waals surface area contributed by atoms with E-state index < -0.39 is 0 Å². The summed E-state index contributed by atoms with van der Waals surface area (Å²) in [7, 11) is 0. The van der Waals surface area contributed by atoms with Gasteiger partial charge in [0.25, 0.3) is 0 Å². The Labute approximate surface area is 357 Å². The summed E-state index contributed by atoms with van der Waals surface area (Å²) in [6.45, 7) is 9.43. The Morgan fingerprint density at radius 1 is 0.283 bits per heavy atom. The third-order valence-electron chi connectivity index (χ3n) is 13.7. The number of ether oxygens (including phenoxy) is 8. The van der Waals surface area contributed by atoms with Gasteiger partial charge in [-0.05, 0) is 49.9 Å². The molecule has 8 nitrogen and oxygen atoms in total. The molecule has 60 heavy (non-hydrogen) atoms. The molecule has 4 aliphatic heterocycles. The molecule has 9 rings (SSSR count). The molecule has 0 N–H and O–H groups in total. The second-order valence-corrected chi connectivity index (χ2v) is 17.5. The van der Waals surface area contributed by atoms with Crippen LogP contribution >= 0.6 is 0 Å². The number of rotatable bonds is 16. The largest absolute Gasteiger partial charge is 0.457 e. The Morgan fingerprint density at radius 2 is 0.467 bits per heavy atom. The summed E-state index contributed by atoms with van der Waals surface area (Å²) < 4.78 is 52.7. The predicted octanol–water partition coefficient (Wildman–Crippen LogP) is 13.8. The Hall–Kier alpha value is -4.72. The topological polar surface area (TPSA) is 73.8 Å². The molecule has 0 atom stereocenters. The van der Waals surface area contributed by atoms with E-state index in [1.807, 2.05) is 0 Å². The van der Waals surface area contributed by atoms with Crippen molar-refractivity contribution in [2.45, 2.75) is 154 Å². The number of hydrogen-bond acceptors (Lipinski definition) is 8. The Morgan fingerprint density at radius 3 is 0.633 bits per heavy atom. The smallest absolute Gasteiger partial charge is 0.230 e. The Kier molecular flexibility index (Phi) is 12.5. The molecule has 8 bridgehead atoms. The molecule has 8 heteroatoms. The standard InChI is InChI=1S/C52H64O8/c1-5-9-13-17-33-37-21-39-34(18-14-10-6-2)41-23-43-36(20-16-12-8-4)44-24-42-35(19-15-11-7-3)40-22-38(33)46-26-48(40)56-31-58-50(42)28-52(44)60-32-59-51(43)27-49(41)57-30-55-47(39)25-45(37)53-29-54-46/h21-28,33-36H,5-20,29-32H2,1-4H3. The normalized spacial score (nSPS) is 20.2. The van der Waals surface area contributed by atoms with Gasteiger partial charge in [-0.3, -0.25) is 0 Å². The Balaban J connectivity index is 1.37. The van der Waals surface area contributed by atoms with Crippen molar-refractivity contribution in [2.24, 2.45) is 0 Å². The fourth-order valence-electron chi connectivity index (χ4n) is 10.5. The fourth-order valence-corrected chi connectivity index (χ4v) is 10.5. The van der Waals surface area contributed by atoms with Gasteiger partial charge in [0, 0.05) is 92.4 Å². The van der Waals surface area contributed by atoms with Crippen LogP contribution in [0.15, 0.2) is 48.5 Å². The summed E-state index contributed by atoms with van der Waals surface area (Å²) in [5.74, 6) is 6.66. The zero-order valence-corrected chi connectivity index (χ0v) is 36.3. The molecular formula is C52H64O8. The lowest BCUT2D eigenvalue weighted by Crippen LogP contribution is -2.22. The summed E-state index contributed by atoms with van der Waals surface area (Å²) >= 11 is 0. The van der Waals surface area contributed by atoms with Gasteiger partial charge in [0.15, 0.2) is 0 Å². The van der Waals surface area contributed by atoms with Crippen molar-refractivity contribution in [1.82, 2.24) is 0 Å². The average Bonchev–Trinajstić information content (AvgIpc) is 3.23. The van der Waals surface area contributed by atoms with Crippen molar-refractivity contribution in [3.05, 3.63) is 93.0 Å². The molecule has 4 aromatic rings. The predicted molar refractivity (Wildman–Crippen MR) is 234 cm³/mol. The van der Waals surface area contributed by atoms with Gasteiger partial charge in [0.2, 0.25) is 27.2 Å². The minimum atomic E-state index is 0.0338. The summed E-state index contributed by atoms with van der Waals surface area (Å²) in [5, 5.41) is 0. The van der Waals surface area contributed by atoms with E-state index in [4.69, 9.17) is 37.9 Å². The monoisotopic (exact) mass is 816 g/mol. The van der Waals surface area contributed by atoms with Crippen LogP contribution in [-0.4, -0.2) is 27.2 Å². The molecule has 4 heterocycles. The van der Waals surface area contributed by atoms with Gasteiger partial charge in [-0.2, -0.15) is 0 Å². The lowest BCUT2D eigenvalue weighted by Gasteiger charge is -2.35. The van der Waals surface area contributed by atoms with E-state index in [0.717, 1.165) is 149 Å². The second kappa shape index (κ2) is 18.5. The molecule has 4 aromatic carbocycles. The molecule has 0 unspecified atom stereocenters. The van der Waals surface area contributed by atoms with Gasteiger partial charge >= 0.3 is 0 Å². The highest BCUT2D eigenvalue weighted by Crippen LogP contribution is 2.55. The van der Waals surface area contributed by atoms with E-state index in [-0.39, 0.29) is 50.8 Å². The van der Waals surface area contributed by atoms with Gasteiger partial charge < -0.3 is 37.9 Å². The first-order chi connectivity index (χ1) is 29.6. The van der Waals surface area contributed by atoms with Crippen LogP contribution in [0.4, 0.5) is 0 Å². The third-order valence-corrected chi connectivity index (χ3v) is 13.7. The van der Waals surface area contributed by atoms with Crippen molar-refractivity contribution < 1.29 is 37.9 Å². The van der Waals surface area contributed by atoms with Crippen molar-refractivity contribution in [3.63, 3.8) is 0 Å². The second-order valence-electron chi connectivity index (χ2n) is 17.5. The highest BCUT2D eigenvalue weighted by atomic mass is 16.7. The Bertz CT molecular complexity index is 1730. The lowest BCUT2D eigenvalue weighted by atomic mass is 9.76. The van der Waals surface area contributed by atoms with Crippen molar-refractivity contribution in [2.75, 3.05) is 27.2 Å². The third kappa shape index (κ3) is 7.96. The van der Waals surface area contributed by atoms with Crippen molar-refractivity contribution >= 4 is 0 Å². The van der Waals surface area contributed by atoms with E-state index in [2.05, 4.69) is 76.2 Å². The molecule has 0 radical (unpaired) electrons. The quantitative estimate of drug-likeness (QED) is 0.104. The average molecular weight is 817 g/mol. The summed E-state index contributed by atoms with van der Waals surface area (Å²) in [4.78, 5) is 0. The molecule has 320 valence electrons. The van der Waals surface area contributed by atoms with E-state index in [1.165, 1.54) is 44.5 Å². The van der Waals surface area contributed by atoms with Crippen LogP contribution in [0.3, 0.4) is 0 Å². The summed E-state index contributed by atoms with van der Waals surface area (Å²) in [6.07, 6.45) is 17.4. The van der Waals surface area contributed by atoms with Gasteiger partial charge in [0.1, 0.15) is 46.0 Å². The van der Waals surface area contributed by atoms with Gasteiger partial charge in [0.05, 0.1) is 0 Å². The molecule has 0 fully saturated rings. The summed E-state index contributed by atoms with van der Waals surface area (Å²) in [6, 6.07) is 18.3. The van der Waals surface area contributed by atoms with E-state index in [9.17, 15) is 0 Å². The molecule has 0 amide bonds. The minimum absolute atomic E-state index is 0.0338. The van der Waals surface area contributed by atoms with Crippen LogP contribution in [0.5, 0.6) is 46.0 Å². The first-order valence-corrected chi connectivity index (χ1v) is 23.3. The van der Waals surface area contributed by atoms with E-state index in [1.54, 1.807) is 0 Å². The highest BCUT2D eigenvalue weighted by Gasteiger charge is 2.37. The molecular weight excluding hydrogens is 753 g/mol. The van der Waals surface area contributed by atoms with Crippen molar-refractivity contribution in [1.29, 1.82) is 0 Å². The van der Waals surface area contributed by atoms with Crippen molar-refractivity contribution in [3.8, 4) is 46.0 Å². The van der Waals surface area contributed by atoms with Gasteiger partial charge in [-0.15, -0.1) is 0 Å². The van der Waals surface area contributed by atoms with Crippen LogP contribution in [0.1, 0.15) is 199 Å². The maximum absolute atomic E-state index is 6.58. The zero-order valence-electron chi connectivity index (χ0n) is 36.3. The SMILES string of the molecule is CCCCCC1c2cc3c4cc2OCOc2cc5c(cc21)C(CCCCC)c1cc2c(cc1OCO5)OCOc1cc(c(cc1C2CCCCC)C3CCCCC)OCO4. The lowest BCUT2D eigenvalue weighted by molar-refractivity contribution is 0.0985. The maximum atomic E-state index is 6.58. The van der Waals surface area contributed by atoms with Gasteiger partial charge in [-0.25, -0.2) is 0 Å². The number of hydrogen-bond donors (Lipinski definition) is 0. The molecule has 1 aliphatic carbocycles. The van der Waals surface area contributed by atoms with E-state index >= 15 is 0 Å². The van der Waals surface area contributed by atoms with Crippen LogP contribution in [0.2, 0.25) is 0 Å². The van der Waals surface area contributed by atoms with Crippen LogP contribution in [0.25, 0.3) is 0 Å². The zero-order chi connectivity index (χ0) is 41.0. The van der Waals surface area contributed by atoms with Crippen LogP contribution < -0.4 is 37.9 Å². The van der Waals surface area contributed by atoms with Crippen LogP contribution in [0, 0.1) is 0 Å². The number of benzene rings is 4. The molecule has 0 spiro atoms. The molecule has 5 aliphatic rings. The molecule has 0 aromatic heterocycles. The highest BCUT2D eigenvalue weighted by molar-refractivity contribution is 5.64. The van der Waals surface area contributed by atoms with Gasteiger partial charge in [-0.1, -0.05) is 105 Å².